The molecule has 4 nitrogen and oxygen atoms in total. The van der Waals surface area contributed by atoms with Crippen LogP contribution in [0.1, 0.15) is 22.5 Å². The number of rotatable bonds is 3. The molecule has 0 bridgehead atoms. The lowest BCUT2D eigenvalue weighted by atomic mass is 10.1. The molecule has 0 aromatic carbocycles. The van der Waals surface area contributed by atoms with E-state index in [1.165, 1.54) is 11.1 Å². The molecule has 0 aliphatic carbocycles. The second-order valence-electron chi connectivity index (χ2n) is 4.33. The molecule has 0 amide bonds. The molecule has 17 heavy (non-hydrogen) atoms. The Balaban J connectivity index is 2.15. The van der Waals surface area contributed by atoms with Crippen molar-refractivity contribution in [3.05, 3.63) is 41.0 Å². The number of pyridine rings is 1. The van der Waals surface area contributed by atoms with Crippen LogP contribution < -0.4 is 5.32 Å². The number of aromatic nitrogens is 3. The summed E-state index contributed by atoms with van der Waals surface area (Å²) in [7, 11) is 1.96. The first kappa shape index (κ1) is 11.6. The van der Waals surface area contributed by atoms with Gasteiger partial charge in [0, 0.05) is 26.0 Å². The third kappa shape index (κ3) is 2.30. The molecule has 4 heteroatoms. The van der Waals surface area contributed by atoms with E-state index in [0.29, 0.717) is 0 Å². The van der Waals surface area contributed by atoms with Gasteiger partial charge in [0.2, 0.25) is 0 Å². The van der Waals surface area contributed by atoms with E-state index in [9.17, 15) is 0 Å². The first-order chi connectivity index (χ1) is 8.09. The van der Waals surface area contributed by atoms with E-state index in [4.69, 9.17) is 0 Å². The van der Waals surface area contributed by atoms with Gasteiger partial charge in [0.15, 0.2) is 0 Å². The van der Waals surface area contributed by atoms with Crippen LogP contribution in [0.25, 0.3) is 0 Å². The first-order valence-corrected chi connectivity index (χ1v) is 5.73. The van der Waals surface area contributed by atoms with Crippen molar-refractivity contribution in [1.29, 1.82) is 0 Å². The first-order valence-electron chi connectivity index (χ1n) is 5.73. The van der Waals surface area contributed by atoms with E-state index in [-0.39, 0.29) is 0 Å². The Morgan fingerprint density at radius 2 is 2.06 bits per heavy atom. The Bertz CT molecular complexity index is 528. The lowest BCUT2D eigenvalue weighted by Crippen LogP contribution is -2.03. The molecule has 2 aromatic heterocycles. The van der Waals surface area contributed by atoms with Crippen molar-refractivity contribution in [3.8, 4) is 0 Å². The molecule has 2 rings (SSSR count). The van der Waals surface area contributed by atoms with E-state index < -0.39 is 0 Å². The fraction of sp³-hybridized carbons (Fsp3) is 0.385. The second-order valence-corrected chi connectivity index (χ2v) is 4.33. The minimum atomic E-state index is 0.785. The third-order valence-electron chi connectivity index (χ3n) is 3.11. The fourth-order valence-electron chi connectivity index (χ4n) is 1.89. The van der Waals surface area contributed by atoms with E-state index in [0.717, 1.165) is 23.6 Å². The molecule has 0 atom stereocenters. The summed E-state index contributed by atoms with van der Waals surface area (Å²) in [5.74, 6) is 0. The van der Waals surface area contributed by atoms with Crippen LogP contribution in [0.4, 0.5) is 5.69 Å². The van der Waals surface area contributed by atoms with Gasteiger partial charge in [0.05, 0.1) is 17.1 Å². The molecule has 0 aliphatic rings. The van der Waals surface area contributed by atoms with Crippen LogP contribution in [0.15, 0.2) is 18.5 Å². The minimum absolute atomic E-state index is 0.785. The van der Waals surface area contributed by atoms with Crippen molar-refractivity contribution in [3.63, 3.8) is 0 Å². The second kappa shape index (κ2) is 4.57. The highest BCUT2D eigenvalue weighted by Crippen LogP contribution is 2.19. The smallest absolute Gasteiger partial charge is 0.0827 e. The van der Waals surface area contributed by atoms with Gasteiger partial charge in [0.1, 0.15) is 0 Å². The van der Waals surface area contributed by atoms with E-state index in [1.807, 2.05) is 37.1 Å². The minimum Gasteiger partial charge on any atom is -0.378 e. The van der Waals surface area contributed by atoms with Gasteiger partial charge in [-0.05, 0) is 38.0 Å². The summed E-state index contributed by atoms with van der Waals surface area (Å²) >= 11 is 0. The highest BCUT2D eigenvalue weighted by Gasteiger charge is 2.08. The lowest BCUT2D eigenvalue weighted by molar-refractivity contribution is 0.731. The van der Waals surface area contributed by atoms with Crippen molar-refractivity contribution in [2.75, 3.05) is 5.32 Å². The fourth-order valence-corrected chi connectivity index (χ4v) is 1.89. The summed E-state index contributed by atoms with van der Waals surface area (Å²) in [6.45, 7) is 6.97. The number of nitrogens with zero attached hydrogens (tertiary/aromatic N) is 3. The molecule has 0 aliphatic heterocycles. The third-order valence-corrected chi connectivity index (χ3v) is 3.11. The maximum Gasteiger partial charge on any atom is 0.0827 e. The molecule has 0 spiro atoms. The van der Waals surface area contributed by atoms with Crippen molar-refractivity contribution in [2.45, 2.75) is 27.3 Å². The summed E-state index contributed by atoms with van der Waals surface area (Å²) in [4.78, 5) is 4.15. The van der Waals surface area contributed by atoms with Gasteiger partial charge in [-0.15, -0.1) is 0 Å². The monoisotopic (exact) mass is 230 g/mol. The predicted molar refractivity (Wildman–Crippen MR) is 69.0 cm³/mol. The Kier molecular flexibility index (Phi) is 3.13. The standard InChI is InChI=1S/C13H18N4/c1-9-5-6-14-7-12(9)8-15-13-10(2)16-17(4)11(13)3/h5-7,15H,8H2,1-4H3. The zero-order valence-electron chi connectivity index (χ0n) is 10.8. The average Bonchev–Trinajstić information content (AvgIpc) is 2.53. The molecular formula is C13H18N4. The normalized spacial score (nSPS) is 10.6. The SMILES string of the molecule is Cc1ccncc1CNc1c(C)nn(C)c1C. The van der Waals surface area contributed by atoms with E-state index in [1.54, 1.807) is 0 Å². The molecule has 0 radical (unpaired) electrons. The van der Waals surface area contributed by atoms with Gasteiger partial charge < -0.3 is 5.32 Å². The predicted octanol–water partition coefficient (Wildman–Crippen LogP) is 2.35. The van der Waals surface area contributed by atoms with Crippen LogP contribution in [0.3, 0.4) is 0 Å². The van der Waals surface area contributed by atoms with Crippen LogP contribution >= 0.6 is 0 Å². The molecule has 90 valence electrons. The van der Waals surface area contributed by atoms with Crippen molar-refractivity contribution >= 4 is 5.69 Å². The summed E-state index contributed by atoms with van der Waals surface area (Å²) in [5.41, 5.74) is 5.79. The highest BCUT2D eigenvalue weighted by atomic mass is 15.3. The van der Waals surface area contributed by atoms with Crippen molar-refractivity contribution < 1.29 is 0 Å². The van der Waals surface area contributed by atoms with Crippen LogP contribution in [0.2, 0.25) is 0 Å². The quantitative estimate of drug-likeness (QED) is 0.880. The van der Waals surface area contributed by atoms with Crippen LogP contribution in [-0.2, 0) is 13.6 Å². The maximum absolute atomic E-state index is 4.38. The molecule has 0 unspecified atom stereocenters. The van der Waals surface area contributed by atoms with Crippen LogP contribution in [0, 0.1) is 20.8 Å². The van der Waals surface area contributed by atoms with Gasteiger partial charge in [-0.25, -0.2) is 0 Å². The molecule has 0 saturated heterocycles. The Labute approximate surface area is 102 Å². The lowest BCUT2D eigenvalue weighted by Gasteiger charge is -2.08. The molecule has 0 saturated carbocycles. The zero-order valence-corrected chi connectivity index (χ0v) is 10.8. The molecule has 1 N–H and O–H groups in total. The summed E-state index contributed by atoms with van der Waals surface area (Å²) in [5, 5.41) is 7.82. The largest absolute Gasteiger partial charge is 0.378 e. The number of anilines is 1. The molecule has 2 aromatic rings. The topological polar surface area (TPSA) is 42.7 Å². The number of nitrogens with one attached hydrogen (secondary N) is 1. The van der Waals surface area contributed by atoms with Gasteiger partial charge in [0.25, 0.3) is 0 Å². The average molecular weight is 230 g/mol. The summed E-state index contributed by atoms with van der Waals surface area (Å²) in [6.07, 6.45) is 3.72. The summed E-state index contributed by atoms with van der Waals surface area (Å²) in [6, 6.07) is 2.03. The molecular weight excluding hydrogens is 212 g/mol. The molecule has 2 heterocycles. The highest BCUT2D eigenvalue weighted by molar-refractivity contribution is 5.52. The van der Waals surface area contributed by atoms with Crippen molar-refractivity contribution in [2.24, 2.45) is 7.05 Å². The Morgan fingerprint density at radius 3 is 2.65 bits per heavy atom. The van der Waals surface area contributed by atoms with E-state index >= 15 is 0 Å². The van der Waals surface area contributed by atoms with Crippen LogP contribution in [0.5, 0.6) is 0 Å². The molecule has 0 fully saturated rings. The van der Waals surface area contributed by atoms with Crippen LogP contribution in [-0.4, -0.2) is 14.8 Å². The number of hydrogen-bond acceptors (Lipinski definition) is 3. The van der Waals surface area contributed by atoms with Gasteiger partial charge >= 0.3 is 0 Å². The Morgan fingerprint density at radius 1 is 1.29 bits per heavy atom. The number of aryl methyl sites for hydroxylation is 3. The zero-order chi connectivity index (χ0) is 12.4. The van der Waals surface area contributed by atoms with Gasteiger partial charge in [-0.1, -0.05) is 0 Å². The summed E-state index contributed by atoms with van der Waals surface area (Å²) < 4.78 is 1.90. The van der Waals surface area contributed by atoms with Gasteiger partial charge in [-0.2, -0.15) is 5.10 Å². The maximum atomic E-state index is 4.38. The van der Waals surface area contributed by atoms with Gasteiger partial charge in [-0.3, -0.25) is 9.67 Å². The Hall–Kier alpha value is -1.84. The van der Waals surface area contributed by atoms with Crippen molar-refractivity contribution in [1.82, 2.24) is 14.8 Å². The van der Waals surface area contributed by atoms with E-state index in [2.05, 4.69) is 29.2 Å². The number of hydrogen-bond donors (Lipinski definition) is 1.